The first-order valence-electron chi connectivity index (χ1n) is 3.96. The Labute approximate surface area is 77.7 Å². The summed E-state index contributed by atoms with van der Waals surface area (Å²) in [4.78, 5) is 2.14. The second-order valence-electron chi connectivity index (χ2n) is 3.98. The van der Waals surface area contributed by atoms with Gasteiger partial charge in [-0.05, 0) is 24.0 Å². The third kappa shape index (κ3) is 1.67. The Kier molecular flexibility index (Phi) is 2.25. The van der Waals surface area contributed by atoms with Gasteiger partial charge in [-0.25, -0.2) is 0 Å². The van der Waals surface area contributed by atoms with Crippen molar-refractivity contribution in [3.63, 3.8) is 0 Å². The average Bonchev–Trinajstić information content (AvgIpc) is 2.29. The molecule has 0 saturated carbocycles. The minimum absolute atomic E-state index is 0.171. The quantitative estimate of drug-likeness (QED) is 0.600. The number of rotatable bonds is 0. The molecule has 1 heterocycles. The Morgan fingerprint density at radius 1 is 1.42 bits per heavy atom. The standard InChI is InChI=1S/C10H13NS/c1-7-5-9(10(2,3)4)12-8(7)6-11/h5H,1-4H3. The first-order valence-corrected chi connectivity index (χ1v) is 4.78. The van der Waals surface area contributed by atoms with Gasteiger partial charge in [0, 0.05) is 4.88 Å². The van der Waals surface area contributed by atoms with E-state index in [1.807, 2.05) is 6.92 Å². The Hall–Kier alpha value is -0.810. The minimum atomic E-state index is 0.171. The van der Waals surface area contributed by atoms with Crippen LogP contribution in [0.25, 0.3) is 0 Å². The van der Waals surface area contributed by atoms with Crippen molar-refractivity contribution in [3.8, 4) is 6.07 Å². The summed E-state index contributed by atoms with van der Waals surface area (Å²) >= 11 is 1.61. The van der Waals surface area contributed by atoms with Crippen LogP contribution in [-0.2, 0) is 5.41 Å². The molecule has 0 atom stereocenters. The van der Waals surface area contributed by atoms with E-state index >= 15 is 0 Å². The molecular formula is C10H13NS. The van der Waals surface area contributed by atoms with Gasteiger partial charge in [-0.3, -0.25) is 0 Å². The second kappa shape index (κ2) is 2.91. The van der Waals surface area contributed by atoms with Crippen molar-refractivity contribution in [1.29, 1.82) is 5.26 Å². The largest absolute Gasteiger partial charge is 0.192 e. The van der Waals surface area contributed by atoms with Gasteiger partial charge >= 0.3 is 0 Å². The van der Waals surface area contributed by atoms with E-state index in [-0.39, 0.29) is 5.41 Å². The summed E-state index contributed by atoms with van der Waals surface area (Å²) in [6.45, 7) is 8.49. The van der Waals surface area contributed by atoms with Crippen LogP contribution in [0.1, 0.15) is 36.1 Å². The Balaban J connectivity index is 3.16. The Bertz CT molecular complexity index is 323. The average molecular weight is 179 g/mol. The van der Waals surface area contributed by atoms with Crippen molar-refractivity contribution >= 4 is 11.3 Å². The lowest BCUT2D eigenvalue weighted by atomic mass is 9.94. The van der Waals surface area contributed by atoms with Gasteiger partial charge in [-0.15, -0.1) is 11.3 Å². The van der Waals surface area contributed by atoms with Crippen molar-refractivity contribution in [2.75, 3.05) is 0 Å². The monoisotopic (exact) mass is 179 g/mol. The van der Waals surface area contributed by atoms with Crippen molar-refractivity contribution < 1.29 is 0 Å². The maximum absolute atomic E-state index is 8.76. The van der Waals surface area contributed by atoms with Crippen LogP contribution < -0.4 is 0 Å². The van der Waals surface area contributed by atoms with Crippen LogP contribution in [0.2, 0.25) is 0 Å². The van der Waals surface area contributed by atoms with Gasteiger partial charge in [-0.1, -0.05) is 20.8 Å². The van der Waals surface area contributed by atoms with Gasteiger partial charge in [-0.2, -0.15) is 5.26 Å². The maximum Gasteiger partial charge on any atom is 0.110 e. The van der Waals surface area contributed by atoms with Crippen molar-refractivity contribution in [2.45, 2.75) is 33.1 Å². The molecule has 1 nitrogen and oxygen atoms in total. The summed E-state index contributed by atoms with van der Waals surface area (Å²) in [5, 5.41) is 8.76. The number of hydrogen-bond donors (Lipinski definition) is 0. The molecule has 1 rings (SSSR count). The second-order valence-corrected chi connectivity index (χ2v) is 5.04. The van der Waals surface area contributed by atoms with E-state index in [1.165, 1.54) is 4.88 Å². The third-order valence-corrected chi connectivity index (χ3v) is 3.33. The highest BCUT2D eigenvalue weighted by Gasteiger charge is 2.17. The van der Waals surface area contributed by atoms with E-state index in [9.17, 15) is 0 Å². The summed E-state index contributed by atoms with van der Waals surface area (Å²) in [5.41, 5.74) is 1.28. The molecular weight excluding hydrogens is 166 g/mol. The van der Waals surface area contributed by atoms with E-state index in [2.05, 4.69) is 32.9 Å². The van der Waals surface area contributed by atoms with Gasteiger partial charge in [0.15, 0.2) is 0 Å². The van der Waals surface area contributed by atoms with Crippen LogP contribution in [0.3, 0.4) is 0 Å². The molecule has 0 spiro atoms. The van der Waals surface area contributed by atoms with Crippen LogP contribution in [0.5, 0.6) is 0 Å². The van der Waals surface area contributed by atoms with E-state index in [4.69, 9.17) is 5.26 Å². The fourth-order valence-corrected chi connectivity index (χ4v) is 1.99. The minimum Gasteiger partial charge on any atom is -0.192 e. The molecule has 0 aliphatic heterocycles. The molecule has 0 aliphatic rings. The predicted molar refractivity (Wildman–Crippen MR) is 52.5 cm³/mol. The molecule has 0 N–H and O–H groups in total. The van der Waals surface area contributed by atoms with Gasteiger partial charge in [0.05, 0.1) is 0 Å². The first kappa shape index (κ1) is 9.28. The fourth-order valence-electron chi connectivity index (χ4n) is 0.963. The van der Waals surface area contributed by atoms with E-state index < -0.39 is 0 Å². The van der Waals surface area contributed by atoms with Crippen molar-refractivity contribution in [1.82, 2.24) is 0 Å². The lowest BCUT2D eigenvalue weighted by Crippen LogP contribution is -2.07. The molecule has 0 aromatic carbocycles. The molecule has 0 amide bonds. The highest BCUT2D eigenvalue weighted by molar-refractivity contribution is 7.12. The summed E-state index contributed by atoms with van der Waals surface area (Å²) in [6.07, 6.45) is 0. The zero-order chi connectivity index (χ0) is 9.35. The van der Waals surface area contributed by atoms with Crippen LogP contribution >= 0.6 is 11.3 Å². The van der Waals surface area contributed by atoms with Crippen molar-refractivity contribution in [3.05, 3.63) is 21.4 Å². The number of nitrogens with zero attached hydrogens (tertiary/aromatic N) is 1. The molecule has 1 aromatic rings. The van der Waals surface area contributed by atoms with Gasteiger partial charge in [0.25, 0.3) is 0 Å². The predicted octanol–water partition coefficient (Wildman–Crippen LogP) is 3.23. The van der Waals surface area contributed by atoms with Crippen molar-refractivity contribution in [2.24, 2.45) is 0 Å². The molecule has 0 unspecified atom stereocenters. The number of nitriles is 1. The summed E-state index contributed by atoms with van der Waals surface area (Å²) in [5.74, 6) is 0. The van der Waals surface area contributed by atoms with Gasteiger partial charge in [0.1, 0.15) is 10.9 Å². The van der Waals surface area contributed by atoms with Crippen LogP contribution in [0.15, 0.2) is 6.07 Å². The molecule has 0 saturated heterocycles. The molecule has 0 aliphatic carbocycles. The van der Waals surface area contributed by atoms with Crippen LogP contribution in [-0.4, -0.2) is 0 Å². The maximum atomic E-state index is 8.76. The van der Waals surface area contributed by atoms with Crippen LogP contribution in [0.4, 0.5) is 0 Å². The number of thiophene rings is 1. The van der Waals surface area contributed by atoms with Crippen LogP contribution in [0, 0.1) is 18.3 Å². The summed E-state index contributed by atoms with van der Waals surface area (Å²) < 4.78 is 0. The SMILES string of the molecule is Cc1cc(C(C)(C)C)sc1C#N. The highest BCUT2D eigenvalue weighted by atomic mass is 32.1. The molecule has 1 aromatic heterocycles. The molecule has 2 heteroatoms. The molecule has 0 bridgehead atoms. The Morgan fingerprint density at radius 2 is 2.00 bits per heavy atom. The number of aryl methyl sites for hydroxylation is 1. The molecule has 0 fully saturated rings. The molecule has 64 valence electrons. The molecule has 12 heavy (non-hydrogen) atoms. The summed E-state index contributed by atoms with van der Waals surface area (Å²) in [7, 11) is 0. The lowest BCUT2D eigenvalue weighted by Gasteiger charge is -2.14. The van der Waals surface area contributed by atoms with E-state index in [0.29, 0.717) is 0 Å². The summed E-state index contributed by atoms with van der Waals surface area (Å²) in [6, 6.07) is 4.32. The Morgan fingerprint density at radius 3 is 2.25 bits per heavy atom. The highest BCUT2D eigenvalue weighted by Crippen LogP contribution is 2.31. The first-order chi connectivity index (χ1) is 5.45. The van der Waals surface area contributed by atoms with E-state index in [0.717, 1.165) is 10.4 Å². The fraction of sp³-hybridized carbons (Fsp3) is 0.500. The van der Waals surface area contributed by atoms with E-state index in [1.54, 1.807) is 11.3 Å². The zero-order valence-corrected chi connectivity index (χ0v) is 8.75. The molecule has 0 radical (unpaired) electrons. The topological polar surface area (TPSA) is 23.8 Å². The third-order valence-electron chi connectivity index (χ3n) is 1.76. The van der Waals surface area contributed by atoms with Gasteiger partial charge in [0.2, 0.25) is 0 Å². The normalized spacial score (nSPS) is 11.2. The number of hydrogen-bond acceptors (Lipinski definition) is 2. The lowest BCUT2D eigenvalue weighted by molar-refractivity contribution is 0.603. The zero-order valence-electron chi connectivity index (χ0n) is 7.93. The smallest absolute Gasteiger partial charge is 0.110 e. The van der Waals surface area contributed by atoms with Gasteiger partial charge < -0.3 is 0 Å².